The lowest BCUT2D eigenvalue weighted by molar-refractivity contribution is -0.112. The van der Waals surface area contributed by atoms with Crippen LogP contribution in [0.2, 0.25) is 0 Å². The second-order valence-corrected chi connectivity index (χ2v) is 8.61. The summed E-state index contributed by atoms with van der Waals surface area (Å²) >= 11 is 0.689. The molecule has 0 saturated carbocycles. The summed E-state index contributed by atoms with van der Waals surface area (Å²) in [7, 11) is -3.65. The first kappa shape index (κ1) is 20.3. The van der Waals surface area contributed by atoms with Crippen molar-refractivity contribution in [3.63, 3.8) is 0 Å². The van der Waals surface area contributed by atoms with E-state index in [2.05, 4.69) is 14.7 Å². The zero-order chi connectivity index (χ0) is 20.2. The van der Waals surface area contributed by atoms with Gasteiger partial charge in [0, 0.05) is 11.5 Å². The number of anilines is 1. The Morgan fingerprint density at radius 3 is 2.67 bits per heavy atom. The Morgan fingerprint density at radius 2 is 2.07 bits per heavy atom. The van der Waals surface area contributed by atoms with E-state index in [4.69, 9.17) is 0 Å². The topological polar surface area (TPSA) is 153 Å². The summed E-state index contributed by atoms with van der Waals surface area (Å²) < 4.78 is 27.9. The van der Waals surface area contributed by atoms with E-state index in [0.717, 1.165) is 0 Å². The summed E-state index contributed by atoms with van der Waals surface area (Å²) in [5.74, 6) is -1.77. The second-order valence-electron chi connectivity index (χ2n) is 5.93. The second kappa shape index (κ2) is 8.15. The Balaban J connectivity index is 2.19. The Kier molecular flexibility index (Phi) is 6.14. The number of nitrogens with zero attached hydrogens (tertiary/aromatic N) is 3. The fourth-order valence-corrected chi connectivity index (χ4v) is 4.36. The first-order valence-corrected chi connectivity index (χ1v) is 10.1. The zero-order valence-electron chi connectivity index (χ0n) is 14.4. The van der Waals surface area contributed by atoms with Crippen molar-refractivity contribution >= 4 is 38.5 Å². The largest absolute Gasteiger partial charge is 0.504 e. The lowest BCUT2D eigenvalue weighted by Crippen LogP contribution is -2.15. The van der Waals surface area contributed by atoms with Crippen molar-refractivity contribution in [2.45, 2.75) is 19.0 Å². The van der Waals surface area contributed by atoms with Crippen LogP contribution in [0.5, 0.6) is 11.5 Å². The maximum absolute atomic E-state index is 12.2. The van der Waals surface area contributed by atoms with Crippen LogP contribution in [0, 0.1) is 17.2 Å². The van der Waals surface area contributed by atoms with Gasteiger partial charge in [-0.2, -0.15) is 14.6 Å². The van der Waals surface area contributed by atoms with Crippen LogP contribution in [0.15, 0.2) is 28.9 Å². The first-order chi connectivity index (χ1) is 12.6. The van der Waals surface area contributed by atoms with E-state index >= 15 is 0 Å². The van der Waals surface area contributed by atoms with Crippen LogP contribution in [-0.4, -0.2) is 39.6 Å². The number of hydrogen-bond donors (Lipinski definition) is 3. The van der Waals surface area contributed by atoms with Crippen LogP contribution in [0.4, 0.5) is 5.13 Å². The number of carbonyl (C=O) groups excluding carboxylic acids is 1. The molecule has 9 nitrogen and oxygen atoms in total. The predicted octanol–water partition coefficient (Wildman–Crippen LogP) is 1.92. The molecule has 2 rings (SSSR count). The molecule has 0 atom stereocenters. The monoisotopic (exact) mass is 408 g/mol. The molecule has 1 aromatic carbocycles. The maximum Gasteiger partial charge on any atom is 0.268 e. The van der Waals surface area contributed by atoms with Crippen molar-refractivity contribution in [1.29, 1.82) is 5.26 Å². The number of benzene rings is 1. The molecule has 0 aliphatic carbocycles. The van der Waals surface area contributed by atoms with Crippen LogP contribution < -0.4 is 5.32 Å². The number of carbonyl (C=O) groups is 1. The van der Waals surface area contributed by atoms with Gasteiger partial charge in [-0.1, -0.05) is 19.9 Å². The highest BCUT2D eigenvalue weighted by Gasteiger charge is 2.23. The minimum atomic E-state index is -3.65. The van der Waals surface area contributed by atoms with Crippen LogP contribution in [0.25, 0.3) is 6.08 Å². The van der Waals surface area contributed by atoms with Crippen LogP contribution in [0.3, 0.4) is 0 Å². The normalized spacial score (nSPS) is 12.0. The number of rotatable bonds is 6. The number of nitriles is 1. The van der Waals surface area contributed by atoms with Crippen molar-refractivity contribution in [3.05, 3.63) is 29.3 Å². The summed E-state index contributed by atoms with van der Waals surface area (Å²) in [5.41, 5.74) is 0.0105. The predicted molar refractivity (Wildman–Crippen MR) is 98.8 cm³/mol. The Labute approximate surface area is 159 Å². The first-order valence-electron chi connectivity index (χ1n) is 7.64. The molecule has 0 spiro atoms. The van der Waals surface area contributed by atoms with Crippen molar-refractivity contribution in [1.82, 2.24) is 9.36 Å². The van der Waals surface area contributed by atoms with Gasteiger partial charge in [-0.05, 0) is 29.7 Å². The number of phenolic OH excluding ortho intramolecular Hbond substituents is 2. The van der Waals surface area contributed by atoms with Gasteiger partial charge >= 0.3 is 0 Å². The minimum Gasteiger partial charge on any atom is -0.504 e. The number of sulfone groups is 1. The average Bonchev–Trinajstić information content (AvgIpc) is 3.04. The maximum atomic E-state index is 12.2. The molecule has 0 fully saturated rings. The molecule has 27 heavy (non-hydrogen) atoms. The lowest BCUT2D eigenvalue weighted by Gasteiger charge is -2.03. The van der Waals surface area contributed by atoms with Crippen molar-refractivity contribution in [3.8, 4) is 17.6 Å². The van der Waals surface area contributed by atoms with E-state index in [9.17, 15) is 28.7 Å². The molecule has 1 amide bonds. The third-order valence-electron chi connectivity index (χ3n) is 3.13. The highest BCUT2D eigenvalue weighted by Crippen LogP contribution is 2.26. The summed E-state index contributed by atoms with van der Waals surface area (Å²) in [6.45, 7) is 3.50. The number of amides is 1. The SMILES string of the molecule is CC(C)CS(=O)(=O)c1nsc(NC(=O)C(C#N)=Cc2ccc(O)c(O)c2)n1. The standard InChI is InChI=1S/C16H16N4O5S2/c1-9(2)8-27(24,25)16-19-15(26-20-16)18-14(23)11(7-17)5-10-3-4-12(21)13(22)6-10/h3-6,9,21-22H,8H2,1-2H3,(H,18,19,20,23). The molecule has 11 heteroatoms. The third kappa shape index (κ3) is 5.25. The summed E-state index contributed by atoms with van der Waals surface area (Å²) in [6, 6.07) is 5.51. The summed E-state index contributed by atoms with van der Waals surface area (Å²) in [4.78, 5) is 16.0. The van der Waals surface area contributed by atoms with Gasteiger partial charge in [0.2, 0.25) is 15.0 Å². The molecule has 0 bridgehead atoms. The number of aromatic nitrogens is 2. The number of hydrogen-bond acceptors (Lipinski definition) is 9. The van der Waals surface area contributed by atoms with Gasteiger partial charge in [-0.25, -0.2) is 8.42 Å². The van der Waals surface area contributed by atoms with E-state index in [-0.39, 0.29) is 33.3 Å². The molecule has 0 aliphatic heterocycles. The quantitative estimate of drug-likeness (QED) is 0.372. The van der Waals surface area contributed by atoms with Crippen LogP contribution >= 0.6 is 11.5 Å². The van der Waals surface area contributed by atoms with Crippen LogP contribution in [0.1, 0.15) is 19.4 Å². The van der Waals surface area contributed by atoms with Crippen molar-refractivity contribution in [2.75, 3.05) is 11.1 Å². The number of aromatic hydroxyl groups is 2. The Hall–Kier alpha value is -2.97. The van der Waals surface area contributed by atoms with E-state index in [0.29, 0.717) is 17.1 Å². The molecule has 0 unspecified atom stereocenters. The molecule has 0 radical (unpaired) electrons. The molecule has 3 N–H and O–H groups in total. The van der Waals surface area contributed by atoms with Gasteiger partial charge in [0.25, 0.3) is 11.1 Å². The van der Waals surface area contributed by atoms with Gasteiger partial charge in [-0.3, -0.25) is 10.1 Å². The molecule has 1 heterocycles. The van der Waals surface area contributed by atoms with Gasteiger partial charge in [0.1, 0.15) is 11.6 Å². The minimum absolute atomic E-state index is 0.0583. The zero-order valence-corrected chi connectivity index (χ0v) is 16.0. The number of nitrogens with one attached hydrogen (secondary N) is 1. The molecule has 0 saturated heterocycles. The van der Waals surface area contributed by atoms with E-state index in [1.165, 1.54) is 24.3 Å². The molecule has 0 aliphatic rings. The van der Waals surface area contributed by atoms with Gasteiger partial charge < -0.3 is 10.2 Å². The van der Waals surface area contributed by atoms with E-state index < -0.39 is 21.5 Å². The molecule has 1 aromatic heterocycles. The lowest BCUT2D eigenvalue weighted by atomic mass is 10.1. The summed E-state index contributed by atoms with van der Waals surface area (Å²) in [6.07, 6.45) is 1.20. The van der Waals surface area contributed by atoms with E-state index in [1.807, 2.05) is 0 Å². The third-order valence-corrected chi connectivity index (χ3v) is 5.72. The molecular formula is C16H16N4O5S2. The highest BCUT2D eigenvalue weighted by molar-refractivity contribution is 7.91. The Bertz CT molecular complexity index is 1040. The number of phenols is 2. The highest BCUT2D eigenvalue weighted by atomic mass is 32.2. The van der Waals surface area contributed by atoms with Gasteiger partial charge in [0.15, 0.2) is 11.5 Å². The summed E-state index contributed by atoms with van der Waals surface area (Å²) in [5, 5.41) is 29.8. The van der Waals surface area contributed by atoms with Gasteiger partial charge in [0.05, 0.1) is 5.75 Å². The molecule has 2 aromatic rings. The van der Waals surface area contributed by atoms with Gasteiger partial charge in [-0.15, -0.1) is 0 Å². The average molecular weight is 408 g/mol. The van der Waals surface area contributed by atoms with Crippen molar-refractivity contribution in [2.24, 2.45) is 5.92 Å². The fourth-order valence-electron chi connectivity index (χ4n) is 2.01. The van der Waals surface area contributed by atoms with Crippen molar-refractivity contribution < 1.29 is 23.4 Å². The van der Waals surface area contributed by atoms with E-state index in [1.54, 1.807) is 19.9 Å². The smallest absolute Gasteiger partial charge is 0.268 e. The Morgan fingerprint density at radius 1 is 1.37 bits per heavy atom. The van der Waals surface area contributed by atoms with Crippen LogP contribution in [-0.2, 0) is 14.6 Å². The molecule has 142 valence electrons. The molecular weight excluding hydrogens is 392 g/mol. The fraction of sp³-hybridized carbons (Fsp3) is 0.250.